The minimum Gasteiger partial charge on any atom is -0.478 e. The third-order valence-corrected chi connectivity index (χ3v) is 8.61. The number of hydrogen-bond donors (Lipinski definition) is 2. The van der Waals surface area contributed by atoms with Gasteiger partial charge in [-0.15, -0.1) is 0 Å². The van der Waals surface area contributed by atoms with E-state index in [0.29, 0.717) is 17.7 Å². The number of amides is 1. The number of benzene rings is 2. The molecule has 2 aromatic carbocycles. The van der Waals surface area contributed by atoms with E-state index in [4.69, 9.17) is 5.11 Å². The molecular weight excluding hydrogens is 399 g/mol. The van der Waals surface area contributed by atoms with Crippen molar-refractivity contribution in [1.29, 1.82) is 0 Å². The third kappa shape index (κ3) is 4.79. The minimum absolute atomic E-state index is 0.0590. The van der Waals surface area contributed by atoms with Gasteiger partial charge in [0.1, 0.15) is 5.82 Å². The number of aryl methyl sites for hydroxylation is 1. The molecule has 1 aliphatic heterocycles. The Balaban J connectivity index is 1.74. The van der Waals surface area contributed by atoms with E-state index in [2.05, 4.69) is 23.3 Å². The Morgan fingerprint density at radius 2 is 1.97 bits per heavy atom. The molecule has 1 saturated heterocycles. The molecule has 0 bridgehead atoms. The molecule has 0 saturated carbocycles. The van der Waals surface area contributed by atoms with Crippen molar-refractivity contribution in [2.75, 3.05) is 6.17 Å². The van der Waals surface area contributed by atoms with Gasteiger partial charge in [0.25, 0.3) is 0 Å². The average Bonchev–Trinajstić information content (AvgIpc) is 3.01. The van der Waals surface area contributed by atoms with Crippen molar-refractivity contribution in [3.8, 4) is 0 Å². The number of carbonyl (C=O) groups is 2. The molecule has 2 N–H and O–H groups in total. The average molecular weight is 429 g/mol. The van der Waals surface area contributed by atoms with Crippen LogP contribution >= 0.6 is 0 Å². The van der Waals surface area contributed by atoms with Gasteiger partial charge >= 0.3 is 5.97 Å². The Labute approximate surface area is 177 Å². The highest BCUT2D eigenvalue weighted by molar-refractivity contribution is 6.78. The zero-order chi connectivity index (χ0) is 22.1. The molecule has 160 valence electrons. The van der Waals surface area contributed by atoms with Gasteiger partial charge in [0, 0.05) is 18.2 Å². The number of carbonyl (C=O) groups excluding carboxylic acids is 1. The second-order valence-corrected chi connectivity index (χ2v) is 14.0. The molecule has 2 atom stereocenters. The summed E-state index contributed by atoms with van der Waals surface area (Å²) in [6, 6.07) is 12.2. The molecule has 0 aliphatic carbocycles. The summed E-state index contributed by atoms with van der Waals surface area (Å²) in [4.78, 5) is 26.4. The Kier molecular flexibility index (Phi) is 6.43. The highest BCUT2D eigenvalue weighted by atomic mass is 28.3. The summed E-state index contributed by atoms with van der Waals surface area (Å²) >= 11 is 0. The summed E-state index contributed by atoms with van der Waals surface area (Å²) in [6.07, 6.45) is 0.840. The normalized spacial score (nSPS) is 19.4. The second kappa shape index (κ2) is 8.69. The van der Waals surface area contributed by atoms with Gasteiger partial charge in [-0.05, 0) is 49.3 Å². The van der Waals surface area contributed by atoms with Crippen LogP contribution in [0.3, 0.4) is 0 Å². The quantitative estimate of drug-likeness (QED) is 0.679. The van der Waals surface area contributed by atoms with Gasteiger partial charge in [0.05, 0.1) is 19.7 Å². The Hall–Kier alpha value is -2.51. The number of nitrogens with zero attached hydrogens (tertiary/aromatic N) is 1. The highest BCUT2D eigenvalue weighted by Gasteiger charge is 2.44. The summed E-state index contributed by atoms with van der Waals surface area (Å²) < 4.78 is 14.4. The molecule has 0 spiro atoms. The van der Waals surface area contributed by atoms with E-state index in [1.54, 1.807) is 37.3 Å². The van der Waals surface area contributed by atoms with Gasteiger partial charge in [0.15, 0.2) is 0 Å². The summed E-state index contributed by atoms with van der Waals surface area (Å²) in [6.45, 7) is 8.56. The van der Waals surface area contributed by atoms with Crippen molar-refractivity contribution in [2.45, 2.75) is 51.6 Å². The van der Waals surface area contributed by atoms with Crippen LogP contribution in [0.5, 0.6) is 0 Å². The van der Waals surface area contributed by atoms with Gasteiger partial charge in [-0.2, -0.15) is 0 Å². The molecule has 7 heteroatoms. The van der Waals surface area contributed by atoms with Crippen LogP contribution < -0.4 is 5.32 Å². The lowest BCUT2D eigenvalue weighted by Gasteiger charge is -2.31. The molecule has 3 rings (SSSR count). The Morgan fingerprint density at radius 3 is 2.60 bits per heavy atom. The third-order valence-electron chi connectivity index (χ3n) is 5.90. The van der Waals surface area contributed by atoms with Crippen LogP contribution in [0.15, 0.2) is 42.5 Å². The van der Waals surface area contributed by atoms with Crippen molar-refractivity contribution in [3.63, 3.8) is 0 Å². The van der Waals surface area contributed by atoms with E-state index in [1.807, 2.05) is 13.0 Å². The predicted octanol–water partition coefficient (Wildman–Crippen LogP) is 4.14. The van der Waals surface area contributed by atoms with E-state index in [9.17, 15) is 14.0 Å². The SMILES string of the molecule is Cc1cc(CNC(=O)[C@@H]2C[Si](C)(C)CN2[C@H](C)c2ccccc2F)ccc1C(=O)O. The summed E-state index contributed by atoms with van der Waals surface area (Å²) in [5.41, 5.74) is 2.40. The summed E-state index contributed by atoms with van der Waals surface area (Å²) in [5.74, 6) is -1.26. The number of nitrogens with one attached hydrogen (secondary N) is 1. The van der Waals surface area contributed by atoms with E-state index >= 15 is 0 Å². The molecule has 1 fully saturated rings. The number of halogens is 1. The first-order valence-corrected chi connectivity index (χ1v) is 13.6. The van der Waals surface area contributed by atoms with Crippen molar-refractivity contribution < 1.29 is 19.1 Å². The Morgan fingerprint density at radius 1 is 1.27 bits per heavy atom. The molecule has 0 radical (unpaired) electrons. The molecule has 0 aromatic heterocycles. The lowest BCUT2D eigenvalue weighted by atomic mass is 10.0. The van der Waals surface area contributed by atoms with Crippen molar-refractivity contribution in [2.24, 2.45) is 0 Å². The van der Waals surface area contributed by atoms with Crippen molar-refractivity contribution in [1.82, 2.24) is 10.2 Å². The smallest absolute Gasteiger partial charge is 0.335 e. The van der Waals surface area contributed by atoms with Crippen LogP contribution in [0.1, 0.15) is 40.0 Å². The maximum atomic E-state index is 14.4. The molecule has 2 aromatic rings. The molecular formula is C23H29FN2O3Si. The van der Waals surface area contributed by atoms with Crippen LogP contribution in [0.2, 0.25) is 19.1 Å². The topological polar surface area (TPSA) is 69.6 Å². The first-order chi connectivity index (χ1) is 14.1. The fourth-order valence-corrected chi connectivity index (χ4v) is 7.41. The van der Waals surface area contributed by atoms with Crippen LogP contribution in [0.25, 0.3) is 0 Å². The molecule has 1 heterocycles. The number of hydrogen-bond acceptors (Lipinski definition) is 3. The molecule has 5 nitrogen and oxygen atoms in total. The van der Waals surface area contributed by atoms with Crippen LogP contribution in [-0.4, -0.2) is 42.2 Å². The van der Waals surface area contributed by atoms with E-state index in [1.165, 1.54) is 6.07 Å². The number of carboxylic acid groups (broad SMARTS) is 1. The van der Waals surface area contributed by atoms with Crippen LogP contribution in [-0.2, 0) is 11.3 Å². The van der Waals surface area contributed by atoms with Gasteiger partial charge in [0.2, 0.25) is 5.91 Å². The first kappa shape index (κ1) is 22.2. The van der Waals surface area contributed by atoms with Gasteiger partial charge in [-0.1, -0.05) is 43.4 Å². The molecule has 0 unspecified atom stereocenters. The van der Waals surface area contributed by atoms with Gasteiger partial charge in [-0.3, -0.25) is 9.69 Å². The fourth-order valence-electron chi connectivity index (χ4n) is 4.34. The lowest BCUT2D eigenvalue weighted by Crippen LogP contribution is -2.44. The molecule has 1 amide bonds. The van der Waals surface area contributed by atoms with Crippen molar-refractivity contribution in [3.05, 3.63) is 70.5 Å². The number of rotatable bonds is 6. The van der Waals surface area contributed by atoms with Crippen LogP contribution in [0, 0.1) is 12.7 Å². The predicted molar refractivity (Wildman–Crippen MR) is 118 cm³/mol. The first-order valence-electron chi connectivity index (χ1n) is 10.2. The monoisotopic (exact) mass is 428 g/mol. The van der Waals surface area contributed by atoms with E-state index < -0.39 is 14.0 Å². The summed E-state index contributed by atoms with van der Waals surface area (Å²) in [5, 5.41) is 12.2. The van der Waals surface area contributed by atoms with Crippen molar-refractivity contribution >= 4 is 20.0 Å². The second-order valence-electron chi connectivity index (χ2n) is 8.93. The highest BCUT2D eigenvalue weighted by Crippen LogP contribution is 2.35. The van der Waals surface area contributed by atoms with E-state index in [-0.39, 0.29) is 29.4 Å². The summed E-state index contributed by atoms with van der Waals surface area (Å²) in [7, 11) is -1.60. The largest absolute Gasteiger partial charge is 0.478 e. The molecule has 1 aliphatic rings. The Bertz CT molecular complexity index is 963. The standard InChI is InChI=1S/C23H29FN2O3Si/c1-15-11-17(9-10-18(15)23(28)29)12-25-22(27)21-13-30(3,4)14-26(21)16(2)19-7-5-6-8-20(19)24/h5-11,16,21H,12-14H2,1-4H3,(H,25,27)(H,28,29)/t16-,21+/m1/s1. The van der Waals surface area contributed by atoms with Gasteiger partial charge in [-0.25, -0.2) is 9.18 Å². The number of carboxylic acids is 1. The van der Waals surface area contributed by atoms with E-state index in [0.717, 1.165) is 17.8 Å². The molecule has 30 heavy (non-hydrogen) atoms. The number of aromatic carboxylic acids is 1. The van der Waals surface area contributed by atoms with Gasteiger partial charge < -0.3 is 10.4 Å². The maximum Gasteiger partial charge on any atom is 0.335 e. The zero-order valence-electron chi connectivity index (χ0n) is 17.9. The van der Waals surface area contributed by atoms with Crippen LogP contribution in [0.4, 0.5) is 4.39 Å². The fraction of sp³-hybridized carbons (Fsp3) is 0.391. The maximum absolute atomic E-state index is 14.4. The minimum atomic E-state index is -1.60. The zero-order valence-corrected chi connectivity index (χ0v) is 18.9. The lowest BCUT2D eigenvalue weighted by molar-refractivity contribution is -0.126.